The molecule has 0 bridgehead atoms. The first-order valence-corrected chi connectivity index (χ1v) is 10.4. The van der Waals surface area contributed by atoms with Crippen LogP contribution >= 0.6 is 27.5 Å². The lowest BCUT2D eigenvalue weighted by molar-refractivity contribution is -0.384. The average molecular weight is 513 g/mol. The van der Waals surface area contributed by atoms with Gasteiger partial charge in [-0.15, -0.1) is 0 Å². The van der Waals surface area contributed by atoms with Crippen molar-refractivity contribution in [2.24, 2.45) is 0 Å². The molecule has 0 heterocycles. The van der Waals surface area contributed by atoms with E-state index < -0.39 is 10.8 Å². The minimum Gasteiger partial charge on any atom is -0.487 e. The number of carbonyl (C=O) groups is 1. The molecule has 0 aliphatic carbocycles. The number of nitrogens with zero attached hydrogens (tertiary/aromatic N) is 2. The molecule has 32 heavy (non-hydrogen) atoms. The number of hydrogen-bond acceptors (Lipinski definition) is 5. The van der Waals surface area contributed by atoms with Crippen molar-refractivity contribution in [3.63, 3.8) is 0 Å². The molecule has 160 valence electrons. The number of ether oxygens (including phenoxy) is 1. The molecule has 0 spiro atoms. The largest absolute Gasteiger partial charge is 0.487 e. The van der Waals surface area contributed by atoms with Crippen LogP contribution in [0.15, 0.2) is 76.8 Å². The van der Waals surface area contributed by atoms with E-state index in [1.165, 1.54) is 18.2 Å². The van der Waals surface area contributed by atoms with Gasteiger partial charge in [0.05, 0.1) is 9.95 Å². The van der Waals surface area contributed by atoms with Gasteiger partial charge in [0.2, 0.25) is 0 Å². The second-order valence-electron chi connectivity index (χ2n) is 6.54. The molecular weight excluding hydrogens is 498 g/mol. The normalized spacial score (nSPS) is 10.8. The third-order valence-electron chi connectivity index (χ3n) is 4.25. The molecule has 0 fully saturated rings. The first kappa shape index (κ1) is 23.0. The third kappa shape index (κ3) is 6.17. The molecule has 3 rings (SSSR count). The van der Waals surface area contributed by atoms with Crippen LogP contribution in [0, 0.1) is 21.4 Å². The van der Waals surface area contributed by atoms with E-state index in [-0.39, 0.29) is 22.9 Å². The Morgan fingerprint density at radius 3 is 2.59 bits per heavy atom. The van der Waals surface area contributed by atoms with Gasteiger partial charge in [0.1, 0.15) is 24.0 Å². The zero-order chi connectivity index (χ0) is 23.1. The smallest absolute Gasteiger partial charge is 0.269 e. The van der Waals surface area contributed by atoms with Crippen LogP contribution in [0.25, 0.3) is 6.08 Å². The van der Waals surface area contributed by atoms with Crippen molar-refractivity contribution in [2.45, 2.75) is 6.61 Å². The number of anilines is 1. The van der Waals surface area contributed by atoms with Gasteiger partial charge < -0.3 is 10.1 Å². The van der Waals surface area contributed by atoms with Gasteiger partial charge in [-0.2, -0.15) is 5.26 Å². The molecule has 9 heteroatoms. The van der Waals surface area contributed by atoms with Crippen molar-refractivity contribution in [2.75, 3.05) is 5.32 Å². The van der Waals surface area contributed by atoms with Crippen molar-refractivity contribution in [1.29, 1.82) is 5.26 Å². The summed E-state index contributed by atoms with van der Waals surface area (Å²) in [5, 5.41) is 23.2. The Labute approximate surface area is 197 Å². The van der Waals surface area contributed by atoms with Crippen molar-refractivity contribution in [1.82, 2.24) is 0 Å². The summed E-state index contributed by atoms with van der Waals surface area (Å²) >= 11 is 9.60. The zero-order valence-corrected chi connectivity index (χ0v) is 18.8. The number of amides is 1. The number of rotatable bonds is 7. The number of nitro groups is 1. The van der Waals surface area contributed by atoms with E-state index in [9.17, 15) is 20.2 Å². The number of non-ortho nitro benzene ring substituents is 1. The number of carbonyl (C=O) groups excluding carboxylic acids is 1. The zero-order valence-electron chi connectivity index (χ0n) is 16.4. The Kier molecular flexibility index (Phi) is 7.60. The first-order valence-electron chi connectivity index (χ1n) is 9.20. The lowest BCUT2D eigenvalue weighted by atomic mass is 10.1. The summed E-state index contributed by atoms with van der Waals surface area (Å²) in [6.07, 6.45) is 1.42. The summed E-state index contributed by atoms with van der Waals surface area (Å²) in [4.78, 5) is 22.8. The fraction of sp³-hybridized carbons (Fsp3) is 0.0435. The lowest BCUT2D eigenvalue weighted by Gasteiger charge is -2.09. The quantitative estimate of drug-likeness (QED) is 0.177. The standard InChI is InChI=1S/C23H15BrClN3O4/c24-18-5-7-19(8-6-18)27-23(29)17(13-26)10-15-4-9-22(21(25)12-15)32-14-16-2-1-3-20(11-16)28(30)31/h1-12H,14H2,(H,27,29)/b17-10+. The summed E-state index contributed by atoms with van der Waals surface area (Å²) < 4.78 is 6.53. The average Bonchev–Trinajstić information content (AvgIpc) is 2.78. The highest BCUT2D eigenvalue weighted by atomic mass is 79.9. The van der Waals surface area contributed by atoms with Crippen molar-refractivity contribution in [3.8, 4) is 11.8 Å². The molecular formula is C23H15BrClN3O4. The van der Waals surface area contributed by atoms with Gasteiger partial charge in [-0.25, -0.2) is 0 Å². The van der Waals surface area contributed by atoms with Gasteiger partial charge in [-0.1, -0.05) is 45.7 Å². The summed E-state index contributed by atoms with van der Waals surface area (Å²) in [5.74, 6) is -0.176. The lowest BCUT2D eigenvalue weighted by Crippen LogP contribution is -2.13. The maximum atomic E-state index is 12.4. The second kappa shape index (κ2) is 10.6. The number of hydrogen-bond donors (Lipinski definition) is 1. The molecule has 3 aromatic carbocycles. The molecule has 0 aromatic heterocycles. The molecule has 0 aliphatic rings. The summed E-state index contributed by atoms with van der Waals surface area (Å²) in [7, 11) is 0. The van der Waals surface area contributed by atoms with Gasteiger partial charge >= 0.3 is 0 Å². The SMILES string of the molecule is N#C/C(=C\c1ccc(OCc2cccc([N+](=O)[O-])c2)c(Cl)c1)C(=O)Nc1ccc(Br)cc1. The molecule has 1 N–H and O–H groups in total. The highest BCUT2D eigenvalue weighted by Gasteiger charge is 2.11. The van der Waals surface area contributed by atoms with Crippen LogP contribution in [0.4, 0.5) is 11.4 Å². The first-order chi connectivity index (χ1) is 15.4. The molecule has 0 saturated heterocycles. The van der Waals surface area contributed by atoms with Gasteiger partial charge in [0.15, 0.2) is 0 Å². The van der Waals surface area contributed by atoms with Crippen LogP contribution in [-0.2, 0) is 11.4 Å². The van der Waals surface area contributed by atoms with E-state index in [2.05, 4.69) is 21.2 Å². The Morgan fingerprint density at radius 1 is 1.19 bits per heavy atom. The maximum Gasteiger partial charge on any atom is 0.269 e. The Hall–Kier alpha value is -3.67. The molecule has 0 unspecified atom stereocenters. The predicted octanol–water partition coefficient (Wildman–Crippen LogP) is 6.14. The van der Waals surface area contributed by atoms with E-state index >= 15 is 0 Å². The van der Waals surface area contributed by atoms with E-state index in [0.29, 0.717) is 22.6 Å². The number of benzene rings is 3. The van der Waals surface area contributed by atoms with Crippen LogP contribution < -0.4 is 10.1 Å². The number of halogens is 2. The summed E-state index contributed by atoms with van der Waals surface area (Å²) in [5.41, 5.74) is 1.61. The Balaban J connectivity index is 1.70. The molecule has 0 radical (unpaired) electrons. The third-order valence-corrected chi connectivity index (χ3v) is 5.07. The minimum atomic E-state index is -0.544. The summed E-state index contributed by atoms with van der Waals surface area (Å²) in [6.45, 7) is 0.0929. The van der Waals surface area contributed by atoms with E-state index in [4.69, 9.17) is 16.3 Å². The maximum absolute atomic E-state index is 12.4. The monoisotopic (exact) mass is 511 g/mol. The van der Waals surface area contributed by atoms with Crippen molar-refractivity contribution >= 4 is 50.9 Å². The van der Waals surface area contributed by atoms with Gasteiger partial charge in [0.25, 0.3) is 11.6 Å². The van der Waals surface area contributed by atoms with Crippen LogP contribution in [0.2, 0.25) is 5.02 Å². The highest BCUT2D eigenvalue weighted by Crippen LogP contribution is 2.28. The summed E-state index contributed by atoms with van der Waals surface area (Å²) in [6, 6.07) is 19.8. The van der Waals surface area contributed by atoms with Crippen LogP contribution in [-0.4, -0.2) is 10.8 Å². The Morgan fingerprint density at radius 2 is 1.94 bits per heavy atom. The molecule has 0 saturated carbocycles. The van der Waals surface area contributed by atoms with E-state index in [1.54, 1.807) is 54.6 Å². The van der Waals surface area contributed by atoms with Crippen LogP contribution in [0.1, 0.15) is 11.1 Å². The topological polar surface area (TPSA) is 105 Å². The number of nitrogens with one attached hydrogen (secondary N) is 1. The van der Waals surface area contributed by atoms with Gasteiger partial charge in [-0.05, 0) is 53.6 Å². The fourth-order valence-electron chi connectivity index (χ4n) is 2.69. The molecule has 1 amide bonds. The molecule has 3 aromatic rings. The number of nitro benzene ring substituents is 1. The van der Waals surface area contributed by atoms with Crippen LogP contribution in [0.3, 0.4) is 0 Å². The molecule has 0 aliphatic heterocycles. The highest BCUT2D eigenvalue weighted by molar-refractivity contribution is 9.10. The fourth-order valence-corrected chi connectivity index (χ4v) is 3.20. The van der Waals surface area contributed by atoms with E-state index in [1.807, 2.05) is 6.07 Å². The van der Waals surface area contributed by atoms with E-state index in [0.717, 1.165) is 4.47 Å². The predicted molar refractivity (Wildman–Crippen MR) is 125 cm³/mol. The number of nitriles is 1. The Bertz CT molecular complexity index is 1240. The van der Waals surface area contributed by atoms with Crippen molar-refractivity contribution in [3.05, 3.63) is 103 Å². The van der Waals surface area contributed by atoms with Gasteiger partial charge in [0, 0.05) is 22.3 Å². The minimum absolute atomic E-state index is 0.0249. The molecule has 7 nitrogen and oxygen atoms in total. The van der Waals surface area contributed by atoms with Crippen molar-refractivity contribution < 1.29 is 14.5 Å². The second-order valence-corrected chi connectivity index (χ2v) is 7.86. The molecule has 0 atom stereocenters. The van der Waals surface area contributed by atoms with Crippen LogP contribution in [0.5, 0.6) is 5.75 Å². The van der Waals surface area contributed by atoms with Gasteiger partial charge in [-0.3, -0.25) is 14.9 Å².